The van der Waals surface area contributed by atoms with Crippen LogP contribution in [0.15, 0.2) is 79.1 Å². The smallest absolute Gasteiger partial charge is 0.250 e. The van der Waals surface area contributed by atoms with E-state index >= 15 is 0 Å². The van der Waals surface area contributed by atoms with Crippen LogP contribution in [0.25, 0.3) is 0 Å². The van der Waals surface area contributed by atoms with Crippen LogP contribution in [0.5, 0.6) is 0 Å². The van der Waals surface area contributed by atoms with Crippen LogP contribution in [0.2, 0.25) is 0 Å². The minimum Gasteiger partial charge on any atom is -0.366 e. The molecule has 7 nitrogen and oxygen atoms in total. The van der Waals surface area contributed by atoms with Gasteiger partial charge in [0.1, 0.15) is 0 Å². The number of allylic oxidation sites excluding steroid dienone is 10. The molecule has 0 aliphatic carbocycles. The van der Waals surface area contributed by atoms with E-state index in [1.807, 2.05) is 18.7 Å². The van der Waals surface area contributed by atoms with Crippen LogP contribution < -0.4 is 5.73 Å². The summed E-state index contributed by atoms with van der Waals surface area (Å²) in [5.74, 6) is -1.13. The van der Waals surface area contributed by atoms with Gasteiger partial charge in [0.05, 0.1) is 17.2 Å². The molecule has 1 aliphatic heterocycles. The Labute approximate surface area is 252 Å². The fourth-order valence-electron chi connectivity index (χ4n) is 4.86. The van der Waals surface area contributed by atoms with Gasteiger partial charge in [0.15, 0.2) is 0 Å². The van der Waals surface area contributed by atoms with Gasteiger partial charge in [-0.15, -0.1) is 0 Å². The van der Waals surface area contributed by atoms with E-state index in [4.69, 9.17) is 5.73 Å². The Hall–Kier alpha value is -3.74. The number of primary amides is 1. The molecule has 2 N–H and O–H groups in total. The van der Waals surface area contributed by atoms with E-state index in [2.05, 4.69) is 72.7 Å². The number of aromatic nitrogens is 1. The highest BCUT2D eigenvalue weighted by molar-refractivity contribution is 5.96. The fraction of sp³-hybridized carbons (Fsp3) is 0.486. The first-order valence-corrected chi connectivity index (χ1v) is 15.4. The summed E-state index contributed by atoms with van der Waals surface area (Å²) in [6.07, 6.45) is 30.5. The minimum atomic E-state index is -0.587. The highest BCUT2D eigenvalue weighted by Gasteiger charge is 2.34. The zero-order valence-electron chi connectivity index (χ0n) is 25.8. The quantitative estimate of drug-likeness (QED) is 0.169. The van der Waals surface area contributed by atoms with Crippen LogP contribution in [0.1, 0.15) is 94.1 Å². The molecule has 0 bridgehead atoms. The number of hydrogen-bond donors (Lipinski definition) is 1. The lowest BCUT2D eigenvalue weighted by molar-refractivity contribution is -0.141. The number of nitrogens with two attached hydrogens (primary N) is 1. The van der Waals surface area contributed by atoms with Crippen molar-refractivity contribution in [3.05, 3.63) is 90.3 Å². The van der Waals surface area contributed by atoms with Crippen molar-refractivity contribution < 1.29 is 14.4 Å². The molecule has 2 heterocycles. The number of unbranched alkanes of at least 4 members (excludes halogenated alkanes) is 1. The van der Waals surface area contributed by atoms with Gasteiger partial charge in [-0.25, -0.2) is 0 Å². The molecule has 2 rings (SSSR count). The lowest BCUT2D eigenvalue weighted by Crippen LogP contribution is -2.52. The molecule has 42 heavy (non-hydrogen) atoms. The second-order valence-electron chi connectivity index (χ2n) is 10.8. The number of pyridine rings is 1. The minimum absolute atomic E-state index is 0.0545. The predicted molar refractivity (Wildman–Crippen MR) is 172 cm³/mol. The van der Waals surface area contributed by atoms with E-state index < -0.39 is 11.8 Å². The average Bonchev–Trinajstić information content (AvgIpc) is 2.98. The zero-order chi connectivity index (χ0) is 30.6. The summed E-state index contributed by atoms with van der Waals surface area (Å²) in [5.41, 5.74) is 6.26. The van der Waals surface area contributed by atoms with Gasteiger partial charge in [0.25, 0.3) is 5.91 Å². The maximum absolute atomic E-state index is 13.4. The van der Waals surface area contributed by atoms with Crippen LogP contribution >= 0.6 is 0 Å². The van der Waals surface area contributed by atoms with Gasteiger partial charge in [0, 0.05) is 38.8 Å². The van der Waals surface area contributed by atoms with Gasteiger partial charge in [0.2, 0.25) is 11.8 Å². The van der Waals surface area contributed by atoms with Crippen LogP contribution in [0.3, 0.4) is 0 Å². The molecule has 1 aromatic heterocycles. The maximum Gasteiger partial charge on any atom is 0.250 e. The first-order chi connectivity index (χ1) is 20.4. The number of piperazine rings is 1. The van der Waals surface area contributed by atoms with Crippen molar-refractivity contribution in [1.29, 1.82) is 0 Å². The molecule has 1 atom stereocenters. The number of carbonyl (C=O) groups excluding carboxylic acids is 3. The van der Waals surface area contributed by atoms with Crippen molar-refractivity contribution in [2.45, 2.75) is 78.1 Å². The van der Waals surface area contributed by atoms with Gasteiger partial charge in [-0.2, -0.15) is 0 Å². The van der Waals surface area contributed by atoms with Crippen LogP contribution in [0, 0.1) is 5.92 Å². The lowest BCUT2D eigenvalue weighted by Gasteiger charge is -2.37. The molecule has 1 aliphatic rings. The molecule has 0 radical (unpaired) electrons. The number of carbonyl (C=O) groups is 3. The summed E-state index contributed by atoms with van der Waals surface area (Å²) in [6.45, 7) is 8.01. The second kappa shape index (κ2) is 20.2. The molecule has 1 fully saturated rings. The Balaban J connectivity index is 1.65. The molecule has 0 spiro atoms. The van der Waals surface area contributed by atoms with Gasteiger partial charge >= 0.3 is 0 Å². The topological polar surface area (TPSA) is 96.6 Å². The molecular weight excluding hydrogens is 524 g/mol. The molecule has 228 valence electrons. The molecule has 1 saturated heterocycles. The summed E-state index contributed by atoms with van der Waals surface area (Å²) >= 11 is 0. The molecule has 0 saturated carbocycles. The van der Waals surface area contributed by atoms with Crippen LogP contribution in [0.4, 0.5) is 0 Å². The van der Waals surface area contributed by atoms with E-state index in [1.165, 1.54) is 0 Å². The predicted octanol–water partition coefficient (Wildman–Crippen LogP) is 6.51. The Morgan fingerprint density at radius 1 is 0.833 bits per heavy atom. The number of nitrogens with zero attached hydrogens (tertiary/aromatic N) is 3. The largest absolute Gasteiger partial charge is 0.366 e. The Kier molecular flexibility index (Phi) is 16.6. The third kappa shape index (κ3) is 12.4. The van der Waals surface area contributed by atoms with Crippen molar-refractivity contribution in [1.82, 2.24) is 14.8 Å². The molecule has 7 heteroatoms. The van der Waals surface area contributed by atoms with E-state index in [0.717, 1.165) is 44.9 Å². The fourth-order valence-corrected chi connectivity index (χ4v) is 4.86. The first kappa shape index (κ1) is 34.5. The number of rotatable bonds is 17. The summed E-state index contributed by atoms with van der Waals surface area (Å²) < 4.78 is 0. The zero-order valence-corrected chi connectivity index (χ0v) is 25.8. The van der Waals surface area contributed by atoms with Crippen molar-refractivity contribution in [3.63, 3.8) is 0 Å². The Bertz CT molecular complexity index is 1120. The summed E-state index contributed by atoms with van der Waals surface area (Å²) in [5, 5.41) is 0. The second-order valence-corrected chi connectivity index (χ2v) is 10.8. The lowest BCUT2D eigenvalue weighted by atomic mass is 9.87. The van der Waals surface area contributed by atoms with Crippen LogP contribution in [-0.2, 0) is 9.59 Å². The van der Waals surface area contributed by atoms with Gasteiger partial charge < -0.3 is 15.5 Å². The summed E-state index contributed by atoms with van der Waals surface area (Å²) in [7, 11) is 0. The number of hydrogen-bond acceptors (Lipinski definition) is 4. The van der Waals surface area contributed by atoms with Crippen LogP contribution in [-0.4, -0.2) is 58.7 Å². The molecular formula is C35H50N4O3. The van der Waals surface area contributed by atoms with E-state index in [0.29, 0.717) is 38.3 Å². The first-order valence-electron chi connectivity index (χ1n) is 15.4. The highest BCUT2D eigenvalue weighted by Crippen LogP contribution is 2.28. The van der Waals surface area contributed by atoms with Gasteiger partial charge in [-0.1, -0.05) is 81.5 Å². The van der Waals surface area contributed by atoms with Crippen molar-refractivity contribution in [2.24, 2.45) is 11.7 Å². The summed E-state index contributed by atoms with van der Waals surface area (Å²) in [6, 6.07) is 3.26. The van der Waals surface area contributed by atoms with Crippen molar-refractivity contribution in [2.75, 3.05) is 26.2 Å². The Morgan fingerprint density at radius 2 is 1.36 bits per heavy atom. The molecule has 0 aromatic carbocycles. The van der Waals surface area contributed by atoms with E-state index in [-0.39, 0.29) is 23.3 Å². The third-order valence-corrected chi connectivity index (χ3v) is 7.19. The number of amides is 3. The average molecular weight is 575 g/mol. The summed E-state index contributed by atoms with van der Waals surface area (Å²) in [4.78, 5) is 46.1. The molecule has 1 aromatic rings. The standard InChI is InChI=1S/C35H50N4O3/c1-4-5-6-7-8-9-10-11-12-13-14-15-16-17-18-19-20-23-31(40)38-25-27-39(28-26-38)35(42)32(29(2)3)33-30(34(36)41)22-21-24-37-33/h5-6,8-9,11-12,14-15,17-18,21-22,24,29,32H,4,7,10,13,16,19-20,23,25-28H2,1-3H3,(H2,36,41)/b6-5-,9-8-,12-11-,15-14-,18-17-/t32-/m0/s1. The van der Waals surface area contributed by atoms with Crippen molar-refractivity contribution >= 4 is 17.7 Å². The normalized spacial score (nSPS) is 15.3. The monoisotopic (exact) mass is 574 g/mol. The van der Waals surface area contributed by atoms with Gasteiger partial charge in [-0.05, 0) is 63.0 Å². The highest BCUT2D eigenvalue weighted by atomic mass is 16.2. The SMILES string of the molecule is CC/C=C\C/C=C\C/C=C\C/C=C\C/C=C\CCCC(=O)N1CCN(C(=O)[C@H](c2ncccc2C(N)=O)C(C)C)CC1. The molecule has 3 amide bonds. The Morgan fingerprint density at radius 3 is 1.88 bits per heavy atom. The van der Waals surface area contributed by atoms with E-state index in [1.54, 1.807) is 23.2 Å². The van der Waals surface area contributed by atoms with Gasteiger partial charge in [-0.3, -0.25) is 19.4 Å². The van der Waals surface area contributed by atoms with Crippen molar-refractivity contribution in [3.8, 4) is 0 Å². The maximum atomic E-state index is 13.4. The van der Waals surface area contributed by atoms with E-state index in [9.17, 15) is 14.4 Å². The molecule has 0 unspecified atom stereocenters. The third-order valence-electron chi connectivity index (χ3n) is 7.19.